The number of hydrogen-bond donors (Lipinski definition) is 1. The monoisotopic (exact) mass is 483 g/mol. The van der Waals surface area contributed by atoms with Gasteiger partial charge in [-0.15, -0.1) is 5.54 Å². The number of carbonyl (C=O) groups is 1. The molecular weight excluding hydrogens is 438 g/mol. The van der Waals surface area contributed by atoms with Gasteiger partial charge in [-0.2, -0.15) is 5.26 Å². The first-order chi connectivity index (χ1) is 15.3. The van der Waals surface area contributed by atoms with Crippen molar-refractivity contribution in [3.63, 3.8) is 0 Å². The van der Waals surface area contributed by atoms with Crippen molar-refractivity contribution >= 4 is 14.2 Å². The van der Waals surface area contributed by atoms with Gasteiger partial charge in [-0.05, 0) is 67.9 Å². The van der Waals surface area contributed by atoms with Crippen LogP contribution < -0.4 is 6.15 Å². The zero-order chi connectivity index (χ0) is 25.0. The molecule has 0 radical (unpaired) electrons. The zero-order valence-corrected chi connectivity index (χ0v) is 23.8. The number of amides is 1. The Balaban J connectivity index is 0.00000578. The molecule has 34 heavy (non-hydrogen) atoms. The number of piperidine rings is 1. The van der Waals surface area contributed by atoms with Crippen molar-refractivity contribution in [3.8, 4) is 17.5 Å². The molecule has 2 rings (SSSR count). The van der Waals surface area contributed by atoms with E-state index in [2.05, 4.69) is 83.3 Å². The summed E-state index contributed by atoms with van der Waals surface area (Å²) < 4.78 is 5.50. The van der Waals surface area contributed by atoms with Crippen molar-refractivity contribution in [3.05, 3.63) is 35.4 Å². The van der Waals surface area contributed by atoms with E-state index in [1.54, 1.807) is 4.90 Å². The lowest BCUT2D eigenvalue weighted by molar-refractivity contribution is 0.0185. The molecule has 0 atom stereocenters. The number of benzene rings is 1. The Hall–Kier alpha value is -2.28. The van der Waals surface area contributed by atoms with Crippen LogP contribution in [0.3, 0.4) is 0 Å². The Kier molecular flexibility index (Phi) is 10.0. The van der Waals surface area contributed by atoms with Gasteiger partial charge in [0, 0.05) is 18.7 Å². The van der Waals surface area contributed by atoms with Crippen LogP contribution in [0.25, 0.3) is 0 Å². The first kappa shape index (κ1) is 29.7. The van der Waals surface area contributed by atoms with Crippen molar-refractivity contribution in [1.29, 1.82) is 5.26 Å². The maximum atomic E-state index is 12.4. The van der Waals surface area contributed by atoms with Crippen LogP contribution in [0.4, 0.5) is 4.79 Å². The summed E-state index contributed by atoms with van der Waals surface area (Å²) in [4.78, 5) is 14.1. The van der Waals surface area contributed by atoms with Crippen LogP contribution in [-0.2, 0) is 10.2 Å². The third-order valence-corrected chi connectivity index (χ3v) is 13.5. The predicted molar refractivity (Wildman–Crippen MR) is 144 cm³/mol. The van der Waals surface area contributed by atoms with E-state index in [4.69, 9.17) is 4.74 Å². The highest BCUT2D eigenvalue weighted by atomic mass is 28.3. The number of nitriles is 1. The molecule has 1 aliphatic rings. The first-order valence-electron chi connectivity index (χ1n) is 12.3. The highest BCUT2D eigenvalue weighted by molar-refractivity contribution is 6.90. The Morgan fingerprint density at radius 2 is 1.47 bits per heavy atom. The fourth-order valence-electron chi connectivity index (χ4n) is 5.35. The van der Waals surface area contributed by atoms with E-state index in [1.165, 1.54) is 0 Å². The molecule has 188 valence electrons. The van der Waals surface area contributed by atoms with Gasteiger partial charge >= 0.3 is 6.09 Å². The Labute approximate surface area is 208 Å². The summed E-state index contributed by atoms with van der Waals surface area (Å²) in [6.45, 7) is 20.6. The minimum Gasteiger partial charge on any atom is -0.444 e. The van der Waals surface area contributed by atoms with Crippen LogP contribution >= 0.6 is 0 Å². The molecule has 1 aromatic rings. The van der Waals surface area contributed by atoms with E-state index in [1.807, 2.05) is 20.8 Å². The van der Waals surface area contributed by atoms with E-state index >= 15 is 0 Å². The smallest absolute Gasteiger partial charge is 0.410 e. The molecule has 3 N–H and O–H groups in total. The van der Waals surface area contributed by atoms with Crippen LogP contribution in [0.15, 0.2) is 24.3 Å². The van der Waals surface area contributed by atoms with Crippen molar-refractivity contribution in [2.75, 3.05) is 13.1 Å². The topological polar surface area (TPSA) is 88.3 Å². The number of nitrogens with zero attached hydrogens (tertiary/aromatic N) is 2. The summed E-state index contributed by atoms with van der Waals surface area (Å²) in [6, 6.07) is 10.8. The minimum atomic E-state index is -1.78. The fourth-order valence-corrected chi connectivity index (χ4v) is 10.6. The zero-order valence-electron chi connectivity index (χ0n) is 22.8. The van der Waals surface area contributed by atoms with Crippen molar-refractivity contribution in [2.24, 2.45) is 0 Å². The van der Waals surface area contributed by atoms with Crippen LogP contribution in [0, 0.1) is 22.8 Å². The summed E-state index contributed by atoms with van der Waals surface area (Å²) in [5.41, 5.74) is 6.50. The van der Waals surface area contributed by atoms with Crippen molar-refractivity contribution in [1.82, 2.24) is 11.1 Å². The maximum Gasteiger partial charge on any atom is 0.410 e. The van der Waals surface area contributed by atoms with Gasteiger partial charge in [0.25, 0.3) is 0 Å². The van der Waals surface area contributed by atoms with Gasteiger partial charge in [-0.1, -0.05) is 59.6 Å². The van der Waals surface area contributed by atoms with E-state index in [0.29, 0.717) is 42.6 Å². The number of carbonyl (C=O) groups excluding carboxylic acids is 1. The quantitative estimate of drug-likeness (QED) is 0.362. The van der Waals surface area contributed by atoms with E-state index in [0.717, 1.165) is 11.1 Å². The summed E-state index contributed by atoms with van der Waals surface area (Å²) in [5.74, 6) is 3.49. The first-order valence-corrected chi connectivity index (χ1v) is 14.5. The van der Waals surface area contributed by atoms with Gasteiger partial charge in [0.2, 0.25) is 0 Å². The molecule has 1 aliphatic heterocycles. The summed E-state index contributed by atoms with van der Waals surface area (Å²) in [7, 11) is -1.78. The van der Waals surface area contributed by atoms with Crippen molar-refractivity contribution in [2.45, 2.75) is 103 Å². The number of likely N-dealkylation sites (tertiary alicyclic amines) is 1. The molecule has 0 aromatic heterocycles. The van der Waals surface area contributed by atoms with Crippen LogP contribution in [0.1, 0.15) is 86.3 Å². The highest BCUT2D eigenvalue weighted by Crippen LogP contribution is 2.41. The lowest BCUT2D eigenvalue weighted by atomic mass is 9.74. The van der Waals surface area contributed by atoms with Crippen molar-refractivity contribution < 1.29 is 9.53 Å². The number of hydrogen-bond acceptors (Lipinski definition) is 4. The average molecular weight is 484 g/mol. The second kappa shape index (κ2) is 11.4. The predicted octanol–water partition coefficient (Wildman–Crippen LogP) is 7.21. The highest BCUT2D eigenvalue weighted by Gasteiger charge is 2.42. The van der Waals surface area contributed by atoms with Crippen LogP contribution in [0.2, 0.25) is 16.6 Å². The molecule has 0 spiro atoms. The molecule has 1 amide bonds. The third kappa shape index (κ3) is 6.43. The molecule has 1 saturated heterocycles. The van der Waals surface area contributed by atoms with Gasteiger partial charge in [0.15, 0.2) is 0 Å². The summed E-state index contributed by atoms with van der Waals surface area (Å²) >= 11 is 0. The van der Waals surface area contributed by atoms with Crippen LogP contribution in [0.5, 0.6) is 0 Å². The third-order valence-electron chi connectivity index (χ3n) is 7.21. The second-order valence-corrected chi connectivity index (χ2v) is 17.0. The molecule has 0 saturated carbocycles. The Bertz CT molecular complexity index is 898. The molecule has 1 heterocycles. The molecule has 0 bridgehead atoms. The van der Waals surface area contributed by atoms with E-state index in [-0.39, 0.29) is 12.2 Å². The molecule has 1 fully saturated rings. The number of rotatable bonds is 4. The van der Waals surface area contributed by atoms with Gasteiger partial charge in [-0.3, -0.25) is 0 Å². The minimum absolute atomic E-state index is 0. The number of ether oxygens (including phenoxy) is 1. The average Bonchev–Trinajstić information content (AvgIpc) is 2.72. The van der Waals surface area contributed by atoms with E-state index < -0.39 is 19.1 Å². The fraction of sp³-hybridized carbons (Fsp3) is 0.643. The van der Waals surface area contributed by atoms with Gasteiger partial charge in [-0.25, -0.2) is 4.79 Å². The van der Waals surface area contributed by atoms with Gasteiger partial charge in [0.1, 0.15) is 13.7 Å². The Morgan fingerprint density at radius 3 is 1.85 bits per heavy atom. The lowest BCUT2D eigenvalue weighted by Crippen LogP contribution is -2.46. The molecule has 1 aromatic carbocycles. The summed E-state index contributed by atoms with van der Waals surface area (Å²) in [5, 5.41) is 10.1. The van der Waals surface area contributed by atoms with Gasteiger partial charge in [0.05, 0.1) is 11.5 Å². The Morgan fingerprint density at radius 1 is 1.00 bits per heavy atom. The molecule has 6 heteroatoms. The van der Waals surface area contributed by atoms with Gasteiger partial charge < -0.3 is 15.8 Å². The molecular formula is C28H45N3O2Si. The van der Waals surface area contributed by atoms with Crippen LogP contribution in [-0.4, -0.2) is 37.8 Å². The SMILES string of the molecule is CC(C)[Si](C#Cc1ccc(C2(C#N)CCN(C(=O)OC(C)(C)C)CC2)cc1)(C(C)C)C(C)C.N. The molecule has 0 unspecified atom stereocenters. The molecule has 5 nitrogen and oxygen atoms in total. The largest absolute Gasteiger partial charge is 0.444 e. The molecule has 0 aliphatic carbocycles. The summed E-state index contributed by atoms with van der Waals surface area (Å²) in [6.07, 6.45) is 0.920. The normalized spacial score (nSPS) is 15.9. The maximum absolute atomic E-state index is 12.4. The standard InChI is InChI=1S/C28H42N2O2Si.H3N/c1-21(2)33(22(3)4,23(5)6)19-14-24-10-12-25(13-11-24)28(20-29)15-17-30(18-16-28)26(31)32-27(7,8)9;/h10-13,21-23H,15-18H2,1-9H3;1H3. The lowest BCUT2D eigenvalue weighted by Gasteiger charge is -2.38. The van der Waals surface area contributed by atoms with E-state index in [9.17, 15) is 10.1 Å². The second-order valence-electron chi connectivity index (χ2n) is 11.4.